The van der Waals surface area contributed by atoms with E-state index in [1.165, 1.54) is 19.2 Å². The molecule has 11 nitrogen and oxygen atoms in total. The average molecular weight is 568 g/mol. The zero-order valence-corrected chi connectivity index (χ0v) is 24.8. The van der Waals surface area contributed by atoms with E-state index in [4.69, 9.17) is 34.2 Å². The van der Waals surface area contributed by atoms with Crippen LogP contribution in [0.5, 0.6) is 11.5 Å². The molecule has 0 saturated heterocycles. The van der Waals surface area contributed by atoms with Gasteiger partial charge in [-0.3, -0.25) is 9.59 Å². The largest absolute Gasteiger partial charge is 0.514 e. The van der Waals surface area contributed by atoms with Crippen molar-refractivity contribution < 1.29 is 47.6 Å². The van der Waals surface area contributed by atoms with Crippen LogP contribution in [-0.2, 0) is 35.0 Å². The maximum Gasteiger partial charge on any atom is 0.514 e. The third-order valence-electron chi connectivity index (χ3n) is 6.30. The maximum absolute atomic E-state index is 12.6. The predicted octanol–water partition coefficient (Wildman–Crippen LogP) is 5.49. The van der Waals surface area contributed by atoms with Gasteiger partial charge in [-0.15, -0.1) is 0 Å². The van der Waals surface area contributed by atoms with Gasteiger partial charge in [0, 0.05) is 12.8 Å². The van der Waals surface area contributed by atoms with Crippen LogP contribution < -0.4 is 15.2 Å². The maximum atomic E-state index is 12.6. The number of hydrogen-bond acceptors (Lipinski definition) is 11. The molecule has 0 bridgehead atoms. The van der Waals surface area contributed by atoms with Gasteiger partial charge in [-0.2, -0.15) is 0 Å². The minimum Gasteiger partial charge on any atom is -0.468 e. The minimum atomic E-state index is -1.56. The molecule has 1 aromatic rings. The van der Waals surface area contributed by atoms with Crippen molar-refractivity contribution >= 4 is 24.2 Å². The lowest BCUT2D eigenvalue weighted by atomic mass is 9.88. The number of hydrogen-bond donors (Lipinski definition) is 1. The van der Waals surface area contributed by atoms with Crippen molar-refractivity contribution in [3.63, 3.8) is 0 Å². The zero-order chi connectivity index (χ0) is 30.3. The van der Waals surface area contributed by atoms with E-state index in [0.717, 1.165) is 12.8 Å². The van der Waals surface area contributed by atoms with E-state index < -0.39 is 23.8 Å². The Hall–Kier alpha value is -3.34. The van der Waals surface area contributed by atoms with Gasteiger partial charge in [0.25, 0.3) is 0 Å². The Balaban J connectivity index is 3.20. The summed E-state index contributed by atoms with van der Waals surface area (Å²) in [4.78, 5) is 49.5. The van der Waals surface area contributed by atoms with Gasteiger partial charge in [-0.1, -0.05) is 46.6 Å². The highest BCUT2D eigenvalue weighted by molar-refractivity contribution is 5.81. The van der Waals surface area contributed by atoms with Gasteiger partial charge < -0.3 is 34.2 Å². The summed E-state index contributed by atoms with van der Waals surface area (Å²) >= 11 is 0. The Morgan fingerprint density at radius 1 is 0.875 bits per heavy atom. The van der Waals surface area contributed by atoms with Crippen LogP contribution in [0.1, 0.15) is 85.6 Å². The molecule has 1 rings (SSSR count). The molecule has 0 fully saturated rings. The molecule has 226 valence electrons. The molecule has 0 saturated carbocycles. The first-order chi connectivity index (χ1) is 18.9. The van der Waals surface area contributed by atoms with Crippen LogP contribution >= 0.6 is 0 Å². The minimum absolute atomic E-state index is 0.0193. The van der Waals surface area contributed by atoms with Gasteiger partial charge in [-0.25, -0.2) is 9.59 Å². The van der Waals surface area contributed by atoms with Crippen LogP contribution in [-0.4, -0.2) is 55.7 Å². The molecule has 40 heavy (non-hydrogen) atoms. The Kier molecular flexibility index (Phi) is 15.1. The van der Waals surface area contributed by atoms with E-state index >= 15 is 0 Å². The Morgan fingerprint density at radius 2 is 1.43 bits per heavy atom. The number of carbonyl (C=O) groups excluding carboxylic acids is 4. The molecule has 3 unspecified atom stereocenters. The molecule has 0 spiro atoms. The molecule has 0 heterocycles. The normalized spacial score (nSPS) is 14.6. The molecule has 2 N–H and O–H groups in total. The topological polar surface area (TPSA) is 150 Å². The second-order valence-electron chi connectivity index (χ2n) is 9.97. The molecule has 4 atom stereocenters. The second-order valence-corrected chi connectivity index (χ2v) is 9.97. The van der Waals surface area contributed by atoms with Gasteiger partial charge in [0.05, 0.1) is 19.6 Å². The SMILES string of the molecule is CCCC(C)OC(=O)Oc1ccc(CC(N)(CCOC(=O)[C@@H](C)CC)C(=O)OC)cc1OC(=O)OC(C)CCC. The molecule has 11 heteroatoms. The Bertz CT molecular complexity index is 982. The van der Waals surface area contributed by atoms with Crippen molar-refractivity contribution in [2.24, 2.45) is 11.7 Å². The van der Waals surface area contributed by atoms with Crippen LogP contribution in [0.25, 0.3) is 0 Å². The number of ether oxygens (including phenoxy) is 6. The van der Waals surface area contributed by atoms with Gasteiger partial charge in [0.1, 0.15) is 17.7 Å². The van der Waals surface area contributed by atoms with Crippen molar-refractivity contribution in [3.05, 3.63) is 23.8 Å². The highest BCUT2D eigenvalue weighted by Crippen LogP contribution is 2.31. The average Bonchev–Trinajstić information content (AvgIpc) is 2.89. The van der Waals surface area contributed by atoms with E-state index in [9.17, 15) is 19.2 Å². The van der Waals surface area contributed by atoms with Crippen LogP contribution in [0.3, 0.4) is 0 Å². The van der Waals surface area contributed by atoms with Crippen molar-refractivity contribution in [1.82, 2.24) is 0 Å². The standard InChI is InChI=1S/C29H45NO10/c1-8-11-20(5)37-27(33)39-23-14-13-22(17-24(23)40-28(34)38-21(6)12-9-2)18-29(30,26(32)35-7)15-16-36-25(31)19(4)10-3/h13-14,17,19-21H,8-12,15-16,18,30H2,1-7H3/t19-,20?,21?,29?/m0/s1. The zero-order valence-electron chi connectivity index (χ0n) is 24.8. The van der Waals surface area contributed by atoms with Gasteiger partial charge in [-0.05, 0) is 50.8 Å². The first-order valence-corrected chi connectivity index (χ1v) is 13.8. The summed E-state index contributed by atoms with van der Waals surface area (Å²) in [6.45, 7) is 10.9. The molecule has 1 aromatic carbocycles. The summed E-state index contributed by atoms with van der Waals surface area (Å²) in [6.07, 6.45) is 0.741. The van der Waals surface area contributed by atoms with E-state index in [0.29, 0.717) is 24.8 Å². The predicted molar refractivity (Wildman–Crippen MR) is 147 cm³/mol. The van der Waals surface area contributed by atoms with E-state index in [1.807, 2.05) is 20.8 Å². The number of rotatable bonds is 16. The number of nitrogens with two attached hydrogens (primary N) is 1. The van der Waals surface area contributed by atoms with Crippen LogP contribution in [0.15, 0.2) is 18.2 Å². The monoisotopic (exact) mass is 567 g/mol. The number of carbonyl (C=O) groups is 4. The molecule has 0 amide bonds. The highest BCUT2D eigenvalue weighted by Gasteiger charge is 2.36. The lowest BCUT2D eigenvalue weighted by Crippen LogP contribution is -2.51. The molecular weight excluding hydrogens is 522 g/mol. The first-order valence-electron chi connectivity index (χ1n) is 13.8. The third-order valence-corrected chi connectivity index (χ3v) is 6.30. The summed E-state index contributed by atoms with van der Waals surface area (Å²) in [5.74, 6) is -1.59. The molecular formula is C29H45NO10. The smallest absolute Gasteiger partial charge is 0.468 e. The fourth-order valence-corrected chi connectivity index (χ4v) is 3.79. The van der Waals surface area contributed by atoms with E-state index in [1.54, 1.807) is 26.8 Å². The van der Waals surface area contributed by atoms with E-state index in [2.05, 4.69) is 0 Å². The van der Waals surface area contributed by atoms with Crippen LogP contribution in [0, 0.1) is 5.92 Å². The third kappa shape index (κ3) is 11.8. The summed E-state index contributed by atoms with van der Waals surface area (Å²) in [5.41, 5.74) is 5.33. The van der Waals surface area contributed by atoms with Crippen molar-refractivity contribution in [1.29, 1.82) is 0 Å². The summed E-state index contributed by atoms with van der Waals surface area (Å²) in [6, 6.07) is 4.38. The first kappa shape index (κ1) is 34.7. The van der Waals surface area contributed by atoms with Crippen LogP contribution in [0.4, 0.5) is 9.59 Å². The molecule has 0 radical (unpaired) electrons. The summed E-state index contributed by atoms with van der Waals surface area (Å²) < 4.78 is 31.4. The van der Waals surface area contributed by atoms with Gasteiger partial charge in [0.2, 0.25) is 0 Å². The Labute approximate surface area is 236 Å². The molecule has 0 aliphatic rings. The number of methoxy groups -OCH3 is 1. The molecule has 0 aliphatic carbocycles. The fourth-order valence-electron chi connectivity index (χ4n) is 3.79. The molecule has 0 aliphatic heterocycles. The van der Waals surface area contributed by atoms with Crippen molar-refractivity contribution in [3.8, 4) is 11.5 Å². The molecule has 0 aromatic heterocycles. The second kappa shape index (κ2) is 17.4. The fraction of sp³-hybridized carbons (Fsp3) is 0.655. The number of benzene rings is 1. The Morgan fingerprint density at radius 3 is 1.93 bits per heavy atom. The quantitative estimate of drug-likeness (QED) is 0.153. The van der Waals surface area contributed by atoms with Gasteiger partial charge >= 0.3 is 24.2 Å². The number of esters is 2. The summed E-state index contributed by atoms with van der Waals surface area (Å²) in [5, 5.41) is 0. The van der Waals surface area contributed by atoms with Crippen molar-refractivity contribution in [2.75, 3.05) is 13.7 Å². The highest BCUT2D eigenvalue weighted by atomic mass is 16.7. The summed E-state index contributed by atoms with van der Waals surface area (Å²) in [7, 11) is 1.21. The lowest BCUT2D eigenvalue weighted by Gasteiger charge is -2.27. The van der Waals surface area contributed by atoms with Gasteiger partial charge in [0.15, 0.2) is 11.5 Å². The van der Waals surface area contributed by atoms with Crippen molar-refractivity contribution in [2.45, 2.75) is 104 Å². The van der Waals surface area contributed by atoms with E-state index in [-0.39, 0.29) is 55.0 Å². The lowest BCUT2D eigenvalue weighted by molar-refractivity contribution is -0.153. The van der Waals surface area contributed by atoms with Crippen LogP contribution in [0.2, 0.25) is 0 Å².